The molecule has 7 rings (SSSR count). The van der Waals surface area contributed by atoms with Gasteiger partial charge >= 0.3 is 0 Å². The van der Waals surface area contributed by atoms with Crippen molar-refractivity contribution in [1.82, 2.24) is 14.8 Å². The molecule has 0 atom stereocenters. The lowest BCUT2D eigenvalue weighted by Crippen LogP contribution is -2.02. The molecule has 0 amide bonds. The predicted molar refractivity (Wildman–Crippen MR) is 153 cm³/mol. The van der Waals surface area contributed by atoms with E-state index in [1.807, 2.05) is 78.9 Å². The number of hydrogen-bond donors (Lipinski definition) is 0. The molecule has 0 fully saturated rings. The van der Waals surface area contributed by atoms with Crippen molar-refractivity contribution in [2.75, 3.05) is 0 Å². The fraction of sp³-hybridized carbons (Fsp3) is 0. The van der Waals surface area contributed by atoms with Crippen molar-refractivity contribution in [1.29, 1.82) is 0 Å². The normalized spacial score (nSPS) is 12.0. The van der Waals surface area contributed by atoms with Crippen LogP contribution in [0.4, 0.5) is 5.69 Å². The first-order valence-corrected chi connectivity index (χ1v) is 13.0. The second-order valence-corrected chi connectivity index (χ2v) is 10.1. The van der Waals surface area contributed by atoms with E-state index in [0.717, 1.165) is 21.3 Å². The van der Waals surface area contributed by atoms with Gasteiger partial charge in [-0.15, -0.1) is 0 Å². The average molecular weight is 573 g/mol. The Kier molecular flexibility index (Phi) is 5.24. The first kappa shape index (κ1) is 23.2. The van der Waals surface area contributed by atoms with Crippen LogP contribution in [0.25, 0.3) is 50.4 Å². The maximum absolute atomic E-state index is 13.9. The number of aromatic nitrogens is 3. The minimum Gasteiger partial charge on any atom is -0.288 e. The van der Waals surface area contributed by atoms with Crippen LogP contribution in [0.3, 0.4) is 0 Å². The lowest BCUT2D eigenvalue weighted by molar-refractivity contribution is -0.384. The van der Waals surface area contributed by atoms with Crippen molar-refractivity contribution in [3.63, 3.8) is 0 Å². The van der Waals surface area contributed by atoms with Gasteiger partial charge in [0.2, 0.25) is 0 Å². The summed E-state index contributed by atoms with van der Waals surface area (Å²) in [5, 5.41) is 17.1. The van der Waals surface area contributed by atoms with Gasteiger partial charge in [0.1, 0.15) is 5.69 Å². The first-order valence-electron chi connectivity index (χ1n) is 12.2. The Bertz CT molecular complexity index is 1950. The number of fused-ring (bicyclic) bond motifs is 4. The molecule has 0 spiro atoms. The summed E-state index contributed by atoms with van der Waals surface area (Å²) in [6.45, 7) is 0. The van der Waals surface area contributed by atoms with Gasteiger partial charge in [-0.2, -0.15) is 5.10 Å². The second kappa shape index (κ2) is 8.82. The maximum atomic E-state index is 13.9. The van der Waals surface area contributed by atoms with E-state index >= 15 is 0 Å². The van der Waals surface area contributed by atoms with Crippen LogP contribution < -0.4 is 0 Å². The minimum atomic E-state index is -0.432. The summed E-state index contributed by atoms with van der Waals surface area (Å²) in [6.07, 6.45) is 0. The fourth-order valence-electron chi connectivity index (χ4n) is 5.18. The molecular formula is C31H17BrN4O3. The molecule has 8 heteroatoms. The number of rotatable bonds is 4. The van der Waals surface area contributed by atoms with E-state index in [2.05, 4.69) is 15.9 Å². The van der Waals surface area contributed by atoms with Gasteiger partial charge in [0.15, 0.2) is 11.4 Å². The van der Waals surface area contributed by atoms with Gasteiger partial charge in [0.25, 0.3) is 5.69 Å². The third-order valence-corrected chi connectivity index (χ3v) is 7.48. The van der Waals surface area contributed by atoms with Crippen molar-refractivity contribution >= 4 is 38.4 Å². The highest BCUT2D eigenvalue weighted by atomic mass is 79.9. The summed E-state index contributed by atoms with van der Waals surface area (Å²) in [6, 6.07) is 31.3. The molecule has 39 heavy (non-hydrogen) atoms. The first-order chi connectivity index (χ1) is 19.0. The second-order valence-electron chi connectivity index (χ2n) is 9.19. The molecule has 186 valence electrons. The largest absolute Gasteiger partial charge is 0.288 e. The van der Waals surface area contributed by atoms with Crippen LogP contribution in [0.5, 0.6) is 0 Å². The van der Waals surface area contributed by atoms with Gasteiger partial charge < -0.3 is 0 Å². The van der Waals surface area contributed by atoms with Crippen molar-refractivity contribution in [3.8, 4) is 39.3 Å². The van der Waals surface area contributed by atoms with E-state index in [4.69, 9.17) is 10.1 Å². The zero-order valence-corrected chi connectivity index (χ0v) is 21.8. The van der Waals surface area contributed by atoms with E-state index in [1.54, 1.807) is 16.8 Å². The van der Waals surface area contributed by atoms with Gasteiger partial charge in [-0.1, -0.05) is 70.5 Å². The Labute approximate surface area is 230 Å². The molecule has 2 heterocycles. The average Bonchev–Trinajstić information content (AvgIpc) is 3.49. The third-order valence-electron chi connectivity index (χ3n) is 6.95. The van der Waals surface area contributed by atoms with Crippen LogP contribution in [-0.4, -0.2) is 25.5 Å². The van der Waals surface area contributed by atoms with Crippen LogP contribution >= 0.6 is 15.9 Å². The lowest BCUT2D eigenvalue weighted by atomic mass is 9.93. The number of carbonyl (C=O) groups excluding carboxylic acids is 1. The smallest absolute Gasteiger partial charge is 0.269 e. The maximum Gasteiger partial charge on any atom is 0.269 e. The summed E-state index contributed by atoms with van der Waals surface area (Å²) in [4.78, 5) is 29.9. The summed E-state index contributed by atoms with van der Waals surface area (Å²) < 4.78 is 2.73. The molecule has 0 N–H and O–H groups in total. The van der Waals surface area contributed by atoms with Crippen LogP contribution in [0, 0.1) is 10.1 Å². The number of hydrogen-bond acceptors (Lipinski definition) is 5. The molecule has 1 aliphatic carbocycles. The number of ketones is 1. The van der Waals surface area contributed by atoms with Crippen LogP contribution in [0.2, 0.25) is 0 Å². The number of nitro benzene ring substituents is 1. The van der Waals surface area contributed by atoms with Crippen LogP contribution in [0.1, 0.15) is 15.9 Å². The zero-order chi connectivity index (χ0) is 26.7. The Morgan fingerprint density at radius 2 is 1.38 bits per heavy atom. The predicted octanol–water partition coefficient (Wildman–Crippen LogP) is 7.64. The van der Waals surface area contributed by atoms with Gasteiger partial charge in [0.05, 0.1) is 27.3 Å². The fourth-order valence-corrected chi connectivity index (χ4v) is 5.45. The molecule has 7 nitrogen and oxygen atoms in total. The van der Waals surface area contributed by atoms with E-state index in [0.29, 0.717) is 44.7 Å². The molecule has 6 aromatic rings. The number of nitrogens with zero attached hydrogens (tertiary/aromatic N) is 4. The summed E-state index contributed by atoms with van der Waals surface area (Å²) in [5.74, 6) is -0.126. The standard InChI is InChI=1S/C31H17BrN4O3/c32-20-12-16-21(17-13-20)35-31-27(28(34-35)19-6-2-1-3-7-19)25(18-10-14-22(15-11-18)36(38)39)26-29(33-31)23-8-4-5-9-24(23)30(26)37/h1-17H. The van der Waals surface area contributed by atoms with E-state index in [-0.39, 0.29) is 11.5 Å². The molecule has 2 aromatic heterocycles. The number of carbonyl (C=O) groups is 1. The third kappa shape index (κ3) is 3.60. The summed E-state index contributed by atoms with van der Waals surface area (Å²) >= 11 is 3.50. The molecule has 0 unspecified atom stereocenters. The molecular weight excluding hydrogens is 556 g/mol. The van der Waals surface area contributed by atoms with Crippen LogP contribution in [-0.2, 0) is 0 Å². The van der Waals surface area contributed by atoms with Crippen LogP contribution in [0.15, 0.2) is 108 Å². The quantitative estimate of drug-likeness (QED) is 0.160. The minimum absolute atomic E-state index is 0.0239. The molecule has 4 aromatic carbocycles. The number of non-ortho nitro benzene ring substituents is 1. The number of halogens is 1. The Balaban J connectivity index is 1.65. The van der Waals surface area contributed by atoms with Crippen molar-refractivity contribution < 1.29 is 9.72 Å². The number of benzene rings is 4. The molecule has 0 saturated carbocycles. The molecule has 0 radical (unpaired) electrons. The Morgan fingerprint density at radius 1 is 0.718 bits per heavy atom. The lowest BCUT2D eigenvalue weighted by Gasteiger charge is -2.12. The number of nitro groups is 1. The van der Waals surface area contributed by atoms with E-state index in [1.165, 1.54) is 12.1 Å². The van der Waals surface area contributed by atoms with E-state index in [9.17, 15) is 14.9 Å². The molecule has 0 saturated heterocycles. The number of pyridine rings is 1. The molecule has 0 aliphatic heterocycles. The highest BCUT2D eigenvalue weighted by Gasteiger charge is 2.35. The SMILES string of the molecule is O=C1c2ccccc2-c2nc3c(c(-c4ccccc4)nn3-c3ccc(Br)cc3)c(-c3ccc([N+](=O)[O-])cc3)c21. The van der Waals surface area contributed by atoms with Crippen molar-refractivity contribution in [3.05, 3.63) is 129 Å². The monoisotopic (exact) mass is 572 g/mol. The topological polar surface area (TPSA) is 90.9 Å². The summed E-state index contributed by atoms with van der Waals surface area (Å²) in [5.41, 5.74) is 6.65. The van der Waals surface area contributed by atoms with Gasteiger partial charge in [-0.3, -0.25) is 14.9 Å². The molecule has 1 aliphatic rings. The van der Waals surface area contributed by atoms with E-state index < -0.39 is 4.92 Å². The highest BCUT2D eigenvalue weighted by Crippen LogP contribution is 2.46. The highest BCUT2D eigenvalue weighted by molar-refractivity contribution is 9.10. The van der Waals surface area contributed by atoms with Gasteiger partial charge in [-0.25, -0.2) is 9.67 Å². The molecule has 0 bridgehead atoms. The summed E-state index contributed by atoms with van der Waals surface area (Å²) in [7, 11) is 0. The zero-order valence-electron chi connectivity index (χ0n) is 20.2. The van der Waals surface area contributed by atoms with Gasteiger partial charge in [-0.05, 0) is 42.0 Å². The Hall–Kier alpha value is -4.95. The van der Waals surface area contributed by atoms with Crippen molar-refractivity contribution in [2.45, 2.75) is 0 Å². The Morgan fingerprint density at radius 3 is 2.08 bits per heavy atom. The van der Waals surface area contributed by atoms with Crippen molar-refractivity contribution in [2.24, 2.45) is 0 Å². The van der Waals surface area contributed by atoms with Gasteiger partial charge in [0, 0.05) is 38.9 Å².